The van der Waals surface area contributed by atoms with Gasteiger partial charge in [-0.25, -0.2) is 8.42 Å². The number of nitrogens with zero attached hydrogens (tertiary/aromatic N) is 4. The summed E-state index contributed by atoms with van der Waals surface area (Å²) in [7, 11) is 0.263. The van der Waals surface area contributed by atoms with E-state index in [1.165, 1.54) is 9.21 Å². The zero-order chi connectivity index (χ0) is 17.5. The molecule has 1 amide bonds. The monoisotopic (exact) mass is 348 g/mol. The van der Waals surface area contributed by atoms with Gasteiger partial charge in [-0.1, -0.05) is 0 Å². The van der Waals surface area contributed by atoms with Crippen LogP contribution in [0.25, 0.3) is 0 Å². The molecule has 0 spiro atoms. The second-order valence-corrected chi connectivity index (χ2v) is 7.99. The van der Waals surface area contributed by atoms with Crippen LogP contribution < -0.4 is 9.21 Å². The van der Waals surface area contributed by atoms with Crippen LogP contribution in [0.5, 0.6) is 0 Å². The van der Waals surface area contributed by atoms with Gasteiger partial charge in [-0.2, -0.15) is 5.10 Å². The number of sulfonamides is 1. The predicted octanol–water partition coefficient (Wildman–Crippen LogP) is 1.55. The zero-order valence-corrected chi connectivity index (χ0v) is 14.7. The SMILES string of the molecule is Cc1cc(N2CCCS2(=O)=O)ccc1C(=O)N(C)c1cnn(C)c1. The molecule has 1 aliphatic heterocycles. The number of aromatic nitrogens is 2. The summed E-state index contributed by atoms with van der Waals surface area (Å²) in [5, 5.41) is 4.07. The molecule has 0 radical (unpaired) electrons. The van der Waals surface area contributed by atoms with Crippen LogP contribution in [0.15, 0.2) is 30.6 Å². The van der Waals surface area contributed by atoms with Crippen molar-refractivity contribution in [3.8, 4) is 0 Å². The van der Waals surface area contributed by atoms with E-state index in [0.717, 1.165) is 5.56 Å². The van der Waals surface area contributed by atoms with Crippen molar-refractivity contribution in [2.45, 2.75) is 13.3 Å². The Balaban J connectivity index is 1.88. The Morgan fingerprint density at radius 1 is 1.33 bits per heavy atom. The number of carbonyl (C=O) groups is 1. The predicted molar refractivity (Wildman–Crippen MR) is 92.9 cm³/mol. The molecule has 3 rings (SSSR count). The van der Waals surface area contributed by atoms with Crippen molar-refractivity contribution in [1.82, 2.24) is 9.78 Å². The quantitative estimate of drug-likeness (QED) is 0.843. The van der Waals surface area contributed by atoms with Gasteiger partial charge in [0.15, 0.2) is 0 Å². The molecule has 2 heterocycles. The Bertz CT molecular complexity index is 888. The number of hydrogen-bond donors (Lipinski definition) is 0. The molecule has 2 aromatic rings. The highest BCUT2D eigenvalue weighted by molar-refractivity contribution is 7.93. The van der Waals surface area contributed by atoms with Gasteiger partial charge in [0.05, 0.1) is 23.3 Å². The van der Waals surface area contributed by atoms with Gasteiger partial charge in [-0.15, -0.1) is 0 Å². The molecule has 0 saturated carbocycles. The maximum absolute atomic E-state index is 12.7. The van der Waals surface area contributed by atoms with Crippen LogP contribution in [0.2, 0.25) is 0 Å². The summed E-state index contributed by atoms with van der Waals surface area (Å²) in [5.74, 6) is 0.0209. The first-order chi connectivity index (χ1) is 11.3. The second-order valence-electron chi connectivity index (χ2n) is 5.98. The number of aryl methyl sites for hydroxylation is 2. The van der Waals surface area contributed by atoms with E-state index < -0.39 is 10.0 Å². The van der Waals surface area contributed by atoms with Crippen LogP contribution >= 0.6 is 0 Å². The first-order valence-electron chi connectivity index (χ1n) is 7.67. The van der Waals surface area contributed by atoms with E-state index >= 15 is 0 Å². The summed E-state index contributed by atoms with van der Waals surface area (Å²) >= 11 is 0. The van der Waals surface area contributed by atoms with Gasteiger partial charge < -0.3 is 4.90 Å². The average Bonchev–Trinajstić information content (AvgIpc) is 3.11. The van der Waals surface area contributed by atoms with Crippen LogP contribution in [0.4, 0.5) is 11.4 Å². The van der Waals surface area contributed by atoms with Crippen molar-refractivity contribution in [2.24, 2.45) is 7.05 Å². The molecule has 0 aliphatic carbocycles. The van der Waals surface area contributed by atoms with Gasteiger partial charge in [-0.3, -0.25) is 13.8 Å². The fourth-order valence-electron chi connectivity index (χ4n) is 2.85. The van der Waals surface area contributed by atoms with Crippen LogP contribution in [-0.2, 0) is 17.1 Å². The van der Waals surface area contributed by atoms with Crippen molar-refractivity contribution in [2.75, 3.05) is 28.6 Å². The standard InChI is InChI=1S/C16H20N4O3S/c1-12-9-13(20-7-4-8-24(20,22)23)5-6-15(12)16(21)19(3)14-10-17-18(2)11-14/h5-6,9-11H,4,7-8H2,1-3H3. The van der Waals surface area contributed by atoms with Crippen LogP contribution in [-0.4, -0.2) is 43.5 Å². The molecule has 1 saturated heterocycles. The van der Waals surface area contributed by atoms with Gasteiger partial charge in [0.1, 0.15) is 0 Å². The minimum Gasteiger partial charge on any atom is -0.308 e. The molecule has 1 aromatic heterocycles. The van der Waals surface area contributed by atoms with Crippen LogP contribution in [0.1, 0.15) is 22.3 Å². The molecule has 0 N–H and O–H groups in total. The fraction of sp³-hybridized carbons (Fsp3) is 0.375. The van der Waals surface area contributed by atoms with E-state index in [4.69, 9.17) is 0 Å². The lowest BCUT2D eigenvalue weighted by molar-refractivity contribution is 0.0992. The number of amides is 1. The molecule has 1 fully saturated rings. The Morgan fingerprint density at radius 3 is 2.62 bits per heavy atom. The lowest BCUT2D eigenvalue weighted by Gasteiger charge is -2.20. The van der Waals surface area contributed by atoms with E-state index in [1.54, 1.807) is 49.4 Å². The third-order valence-corrected chi connectivity index (χ3v) is 6.08. The third-order valence-electron chi connectivity index (χ3n) is 4.21. The Kier molecular flexibility index (Phi) is 4.08. The average molecular weight is 348 g/mol. The third kappa shape index (κ3) is 2.89. The van der Waals surface area contributed by atoms with Gasteiger partial charge in [0.25, 0.3) is 5.91 Å². The summed E-state index contributed by atoms with van der Waals surface area (Å²) in [6, 6.07) is 5.14. The fourth-order valence-corrected chi connectivity index (χ4v) is 4.41. The molecule has 128 valence electrons. The molecular weight excluding hydrogens is 328 g/mol. The highest BCUT2D eigenvalue weighted by Crippen LogP contribution is 2.27. The maximum Gasteiger partial charge on any atom is 0.258 e. The Hall–Kier alpha value is -2.35. The van der Waals surface area contributed by atoms with Crippen LogP contribution in [0.3, 0.4) is 0 Å². The van der Waals surface area contributed by atoms with E-state index in [2.05, 4.69) is 5.10 Å². The molecule has 1 aromatic carbocycles. The van der Waals surface area contributed by atoms with Gasteiger partial charge >= 0.3 is 0 Å². The first kappa shape index (κ1) is 16.5. The van der Waals surface area contributed by atoms with Crippen molar-refractivity contribution in [3.63, 3.8) is 0 Å². The van der Waals surface area contributed by atoms with Gasteiger partial charge in [0, 0.05) is 32.4 Å². The molecule has 8 heteroatoms. The summed E-state index contributed by atoms with van der Waals surface area (Å²) < 4.78 is 27.1. The van der Waals surface area contributed by atoms with E-state index in [9.17, 15) is 13.2 Å². The molecule has 0 atom stereocenters. The molecule has 7 nitrogen and oxygen atoms in total. The van der Waals surface area contributed by atoms with E-state index in [-0.39, 0.29) is 11.7 Å². The molecule has 24 heavy (non-hydrogen) atoms. The molecule has 0 unspecified atom stereocenters. The number of anilines is 2. The highest BCUT2D eigenvalue weighted by atomic mass is 32.2. The molecule has 0 bridgehead atoms. The van der Waals surface area contributed by atoms with Crippen molar-refractivity contribution in [1.29, 1.82) is 0 Å². The maximum atomic E-state index is 12.7. The van der Waals surface area contributed by atoms with Gasteiger partial charge in [0.2, 0.25) is 10.0 Å². The zero-order valence-electron chi connectivity index (χ0n) is 13.9. The summed E-state index contributed by atoms with van der Waals surface area (Å²) in [6.45, 7) is 2.31. The second kappa shape index (κ2) is 5.94. The van der Waals surface area contributed by atoms with Crippen molar-refractivity contribution >= 4 is 27.3 Å². The first-order valence-corrected chi connectivity index (χ1v) is 9.28. The highest BCUT2D eigenvalue weighted by Gasteiger charge is 2.29. The Labute approximate surface area is 141 Å². The van der Waals surface area contributed by atoms with Crippen molar-refractivity contribution < 1.29 is 13.2 Å². The lowest BCUT2D eigenvalue weighted by Crippen LogP contribution is -2.28. The number of rotatable bonds is 3. The number of carbonyl (C=O) groups excluding carboxylic acids is 1. The lowest BCUT2D eigenvalue weighted by atomic mass is 10.1. The van der Waals surface area contributed by atoms with E-state index in [0.29, 0.717) is 29.9 Å². The Morgan fingerprint density at radius 2 is 2.08 bits per heavy atom. The van der Waals surface area contributed by atoms with Gasteiger partial charge in [-0.05, 0) is 37.1 Å². The summed E-state index contributed by atoms with van der Waals surface area (Å²) in [5.41, 5.74) is 2.61. The summed E-state index contributed by atoms with van der Waals surface area (Å²) in [6.07, 6.45) is 4.02. The minimum atomic E-state index is -3.22. The van der Waals surface area contributed by atoms with Crippen LogP contribution in [0, 0.1) is 6.92 Å². The molecule has 1 aliphatic rings. The largest absolute Gasteiger partial charge is 0.308 e. The topological polar surface area (TPSA) is 75.5 Å². The number of benzene rings is 1. The normalized spacial score (nSPS) is 16.4. The minimum absolute atomic E-state index is 0.156. The van der Waals surface area contributed by atoms with E-state index in [1.807, 2.05) is 6.92 Å². The molecular formula is C16H20N4O3S. The smallest absolute Gasteiger partial charge is 0.258 e. The number of hydrogen-bond acceptors (Lipinski definition) is 4. The summed E-state index contributed by atoms with van der Waals surface area (Å²) in [4.78, 5) is 14.2. The van der Waals surface area contributed by atoms with Crippen molar-refractivity contribution in [3.05, 3.63) is 41.7 Å².